The molecule has 2 rings (SSSR count). The molecule has 0 aromatic rings. The van der Waals surface area contributed by atoms with Crippen LogP contribution in [0, 0.1) is 5.92 Å². The summed E-state index contributed by atoms with van der Waals surface area (Å²) in [6, 6.07) is -0.644. The fourth-order valence-electron chi connectivity index (χ4n) is 2.51. The molecule has 3 atom stereocenters. The third-order valence-electron chi connectivity index (χ3n) is 3.84. The summed E-state index contributed by atoms with van der Waals surface area (Å²) in [5.74, 6) is 0.390. The normalized spacial score (nSPS) is 30.3. The summed E-state index contributed by atoms with van der Waals surface area (Å²) >= 11 is 0. The molecule has 3 unspecified atom stereocenters. The number of amides is 2. The maximum Gasteiger partial charge on any atom is 0.245 e. The van der Waals surface area contributed by atoms with Gasteiger partial charge in [0.1, 0.15) is 12.1 Å². The van der Waals surface area contributed by atoms with Crippen molar-refractivity contribution in [2.45, 2.75) is 51.3 Å². The van der Waals surface area contributed by atoms with Crippen molar-refractivity contribution in [2.24, 2.45) is 5.92 Å². The Bertz CT molecular complexity index is 341. The average Bonchev–Trinajstić information content (AvgIpc) is 3.17. The molecule has 1 saturated heterocycles. The second-order valence-corrected chi connectivity index (χ2v) is 5.29. The van der Waals surface area contributed by atoms with E-state index >= 15 is 0 Å². The molecule has 2 amide bonds. The van der Waals surface area contributed by atoms with E-state index < -0.39 is 0 Å². The van der Waals surface area contributed by atoms with Gasteiger partial charge in [0.15, 0.2) is 0 Å². The topological polar surface area (TPSA) is 58.6 Å². The van der Waals surface area contributed by atoms with Crippen LogP contribution in [0.25, 0.3) is 0 Å². The van der Waals surface area contributed by atoms with Crippen LogP contribution >= 0.6 is 0 Å². The van der Waals surface area contributed by atoms with Gasteiger partial charge in [-0.1, -0.05) is 6.92 Å². The first-order valence-corrected chi connectivity index (χ1v) is 6.72. The lowest BCUT2D eigenvalue weighted by Gasteiger charge is -2.40. The lowest BCUT2D eigenvalue weighted by molar-refractivity contribution is -0.152. The van der Waals surface area contributed by atoms with Gasteiger partial charge in [-0.2, -0.15) is 0 Å². The molecule has 0 spiro atoms. The van der Waals surface area contributed by atoms with Gasteiger partial charge < -0.3 is 15.0 Å². The van der Waals surface area contributed by atoms with Crippen molar-refractivity contribution in [1.29, 1.82) is 0 Å². The molecule has 0 aromatic carbocycles. The van der Waals surface area contributed by atoms with E-state index in [1.807, 2.05) is 13.8 Å². The van der Waals surface area contributed by atoms with Crippen molar-refractivity contribution < 1.29 is 14.3 Å². The van der Waals surface area contributed by atoms with Gasteiger partial charge in [-0.3, -0.25) is 9.59 Å². The third kappa shape index (κ3) is 2.51. The zero-order valence-electron chi connectivity index (χ0n) is 11.3. The van der Waals surface area contributed by atoms with Crippen LogP contribution in [0.1, 0.15) is 33.1 Å². The lowest BCUT2D eigenvalue weighted by Crippen LogP contribution is -2.64. The number of nitrogens with zero attached hydrogens (tertiary/aromatic N) is 1. The molecule has 102 valence electrons. The van der Waals surface area contributed by atoms with Gasteiger partial charge in [0.2, 0.25) is 11.8 Å². The molecule has 0 aromatic heterocycles. The van der Waals surface area contributed by atoms with Crippen LogP contribution in [0.15, 0.2) is 0 Å². The molecule has 2 aliphatic rings. The minimum atomic E-state index is -0.364. The third-order valence-corrected chi connectivity index (χ3v) is 3.84. The minimum Gasteiger partial charge on any atom is -0.380 e. The second-order valence-electron chi connectivity index (χ2n) is 5.29. The number of rotatable bonds is 5. The molecule has 18 heavy (non-hydrogen) atoms. The predicted molar refractivity (Wildman–Crippen MR) is 66.9 cm³/mol. The number of hydrogen-bond donors (Lipinski definition) is 1. The Hall–Kier alpha value is -1.10. The maximum absolute atomic E-state index is 12.4. The van der Waals surface area contributed by atoms with Gasteiger partial charge in [0.25, 0.3) is 0 Å². The van der Waals surface area contributed by atoms with Crippen molar-refractivity contribution in [3.05, 3.63) is 0 Å². The van der Waals surface area contributed by atoms with Gasteiger partial charge >= 0.3 is 0 Å². The molecular weight excluding hydrogens is 232 g/mol. The van der Waals surface area contributed by atoms with Crippen LogP contribution in [0.4, 0.5) is 0 Å². The van der Waals surface area contributed by atoms with Gasteiger partial charge in [0.05, 0.1) is 6.10 Å². The van der Waals surface area contributed by atoms with Gasteiger partial charge in [0, 0.05) is 13.7 Å². The molecular formula is C13H22N2O3. The number of carbonyl (C=O) groups excluding carboxylic acids is 2. The van der Waals surface area contributed by atoms with E-state index in [0.29, 0.717) is 18.9 Å². The number of nitrogens with one attached hydrogen (secondary N) is 1. The highest BCUT2D eigenvalue weighted by Gasteiger charge is 2.47. The van der Waals surface area contributed by atoms with Crippen LogP contribution < -0.4 is 5.32 Å². The molecule has 5 nitrogen and oxygen atoms in total. The quantitative estimate of drug-likeness (QED) is 0.779. The standard InChI is InChI=1S/C13H22N2O3/c1-4-10-13(17)15(7-8(2)18-3)11(9-5-6-9)12(16)14-10/h8-11H,4-7H2,1-3H3,(H,14,16). The van der Waals surface area contributed by atoms with Gasteiger partial charge in [-0.15, -0.1) is 0 Å². The lowest BCUT2D eigenvalue weighted by atomic mass is 10.0. The summed E-state index contributed by atoms with van der Waals surface area (Å²) < 4.78 is 5.23. The SMILES string of the molecule is CCC1NC(=O)C(C2CC2)N(CC(C)OC)C1=O. The first kappa shape index (κ1) is 13.3. The minimum absolute atomic E-state index is 0.00672. The molecule has 1 saturated carbocycles. The summed E-state index contributed by atoms with van der Waals surface area (Å²) in [5, 5.41) is 2.84. The number of hydrogen-bond acceptors (Lipinski definition) is 3. The van der Waals surface area contributed by atoms with E-state index in [-0.39, 0.29) is 30.0 Å². The van der Waals surface area contributed by atoms with Crippen LogP contribution in [0.5, 0.6) is 0 Å². The van der Waals surface area contributed by atoms with Crippen molar-refractivity contribution >= 4 is 11.8 Å². The van der Waals surface area contributed by atoms with Crippen molar-refractivity contribution in [3.63, 3.8) is 0 Å². The van der Waals surface area contributed by atoms with Crippen molar-refractivity contribution in [1.82, 2.24) is 10.2 Å². The zero-order valence-corrected chi connectivity index (χ0v) is 11.3. The average molecular weight is 254 g/mol. The maximum atomic E-state index is 12.4. The Morgan fingerprint density at radius 3 is 2.61 bits per heavy atom. The van der Waals surface area contributed by atoms with Gasteiger partial charge in [-0.05, 0) is 32.1 Å². The number of carbonyl (C=O) groups is 2. The predicted octanol–water partition coefficient (Wildman–Crippen LogP) is 0.537. The number of piperazine rings is 1. The molecule has 1 heterocycles. The molecule has 0 radical (unpaired) electrons. The van der Waals surface area contributed by atoms with E-state index in [1.165, 1.54) is 0 Å². The summed E-state index contributed by atoms with van der Waals surface area (Å²) in [4.78, 5) is 26.2. The zero-order chi connectivity index (χ0) is 13.3. The van der Waals surface area contributed by atoms with E-state index in [9.17, 15) is 9.59 Å². The van der Waals surface area contributed by atoms with Crippen LogP contribution in [-0.2, 0) is 14.3 Å². The monoisotopic (exact) mass is 254 g/mol. The summed E-state index contributed by atoms with van der Waals surface area (Å²) in [7, 11) is 1.63. The van der Waals surface area contributed by atoms with Gasteiger partial charge in [-0.25, -0.2) is 0 Å². The molecule has 1 N–H and O–H groups in total. The smallest absolute Gasteiger partial charge is 0.245 e. The molecule has 5 heteroatoms. The van der Waals surface area contributed by atoms with E-state index in [0.717, 1.165) is 12.8 Å². The van der Waals surface area contributed by atoms with E-state index in [2.05, 4.69) is 5.32 Å². The Labute approximate surface area is 108 Å². The fraction of sp³-hybridized carbons (Fsp3) is 0.846. The number of methoxy groups -OCH3 is 1. The largest absolute Gasteiger partial charge is 0.380 e. The summed E-state index contributed by atoms with van der Waals surface area (Å²) in [6.07, 6.45) is 2.68. The molecule has 0 bridgehead atoms. The highest BCUT2D eigenvalue weighted by atomic mass is 16.5. The molecule has 1 aliphatic heterocycles. The highest BCUT2D eigenvalue weighted by molar-refractivity contribution is 5.97. The van der Waals surface area contributed by atoms with Crippen LogP contribution in [0.3, 0.4) is 0 Å². The Balaban J connectivity index is 2.15. The molecule has 1 aliphatic carbocycles. The molecule has 2 fully saturated rings. The van der Waals surface area contributed by atoms with E-state index in [1.54, 1.807) is 12.0 Å². The highest BCUT2D eigenvalue weighted by Crippen LogP contribution is 2.37. The van der Waals surface area contributed by atoms with Crippen molar-refractivity contribution in [3.8, 4) is 0 Å². The second kappa shape index (κ2) is 5.26. The van der Waals surface area contributed by atoms with Crippen LogP contribution in [0.2, 0.25) is 0 Å². The Morgan fingerprint density at radius 2 is 2.11 bits per heavy atom. The summed E-state index contributed by atoms with van der Waals surface area (Å²) in [5.41, 5.74) is 0. The first-order chi connectivity index (χ1) is 8.58. The Kier molecular flexibility index (Phi) is 3.90. The summed E-state index contributed by atoms with van der Waals surface area (Å²) in [6.45, 7) is 4.34. The Morgan fingerprint density at radius 1 is 1.44 bits per heavy atom. The first-order valence-electron chi connectivity index (χ1n) is 6.72. The fourth-order valence-corrected chi connectivity index (χ4v) is 2.51. The van der Waals surface area contributed by atoms with Crippen LogP contribution in [-0.4, -0.2) is 48.6 Å². The van der Waals surface area contributed by atoms with Crippen molar-refractivity contribution in [2.75, 3.05) is 13.7 Å². The number of ether oxygens (including phenoxy) is 1. The van der Waals surface area contributed by atoms with E-state index in [4.69, 9.17) is 4.74 Å².